The molecule has 2 aromatic heterocycles. The molecule has 2 aromatic rings. The molecule has 19 heavy (non-hydrogen) atoms. The summed E-state index contributed by atoms with van der Waals surface area (Å²) in [5.74, 6) is 0.204. The van der Waals surface area contributed by atoms with Gasteiger partial charge in [-0.3, -0.25) is 4.79 Å². The van der Waals surface area contributed by atoms with Gasteiger partial charge in [0.05, 0.1) is 11.6 Å². The molecule has 0 aliphatic carbocycles. The van der Waals surface area contributed by atoms with Crippen molar-refractivity contribution in [2.75, 3.05) is 6.54 Å². The third-order valence-corrected chi connectivity index (χ3v) is 5.38. The zero-order valence-corrected chi connectivity index (χ0v) is 12.8. The summed E-state index contributed by atoms with van der Waals surface area (Å²) < 4.78 is 0. The molecule has 2 nitrogen and oxygen atoms in total. The number of rotatable bonds is 2. The van der Waals surface area contributed by atoms with Crippen molar-refractivity contribution in [2.24, 2.45) is 0 Å². The Morgan fingerprint density at radius 1 is 1.42 bits per heavy atom. The molecule has 0 bridgehead atoms. The standard InChI is InChI=1S/C15H17NOS2/c1-10-8-13(11(2)19-10)15(17)16-6-3-4-14(16)12-5-7-18-9-12/h5,7-9,14H,3-4,6H2,1-2H3/t14-/m0/s1. The first-order valence-corrected chi connectivity index (χ1v) is 8.33. The van der Waals surface area contributed by atoms with Crippen LogP contribution in [0.4, 0.5) is 0 Å². The molecule has 100 valence electrons. The Labute approximate surface area is 121 Å². The maximum atomic E-state index is 12.7. The van der Waals surface area contributed by atoms with E-state index in [2.05, 4.69) is 28.7 Å². The molecule has 0 aromatic carbocycles. The van der Waals surface area contributed by atoms with Crippen LogP contribution in [-0.4, -0.2) is 17.4 Å². The molecule has 1 aliphatic heterocycles. The molecule has 3 rings (SSSR count). The van der Waals surface area contributed by atoms with E-state index >= 15 is 0 Å². The highest BCUT2D eigenvalue weighted by molar-refractivity contribution is 7.12. The number of amides is 1. The normalized spacial score (nSPS) is 19.1. The highest BCUT2D eigenvalue weighted by Crippen LogP contribution is 2.35. The lowest BCUT2D eigenvalue weighted by Crippen LogP contribution is -2.30. The molecule has 0 radical (unpaired) electrons. The second kappa shape index (κ2) is 5.10. The molecule has 1 amide bonds. The van der Waals surface area contributed by atoms with Crippen LogP contribution in [0.3, 0.4) is 0 Å². The van der Waals surface area contributed by atoms with E-state index in [9.17, 15) is 4.79 Å². The number of carbonyl (C=O) groups is 1. The van der Waals surface area contributed by atoms with Gasteiger partial charge in [0, 0.05) is 16.3 Å². The van der Waals surface area contributed by atoms with E-state index in [1.165, 1.54) is 10.4 Å². The average Bonchev–Trinajstić information content (AvgIpc) is 3.06. The Hall–Kier alpha value is -1.13. The van der Waals surface area contributed by atoms with E-state index in [1.54, 1.807) is 22.7 Å². The summed E-state index contributed by atoms with van der Waals surface area (Å²) in [6.07, 6.45) is 2.19. The Morgan fingerprint density at radius 3 is 2.89 bits per heavy atom. The summed E-state index contributed by atoms with van der Waals surface area (Å²) in [7, 11) is 0. The van der Waals surface area contributed by atoms with Crippen LogP contribution in [-0.2, 0) is 0 Å². The van der Waals surface area contributed by atoms with Crippen molar-refractivity contribution in [3.8, 4) is 0 Å². The molecule has 0 N–H and O–H groups in total. The lowest BCUT2D eigenvalue weighted by Gasteiger charge is -2.24. The molecule has 0 saturated carbocycles. The van der Waals surface area contributed by atoms with Gasteiger partial charge in [0.2, 0.25) is 0 Å². The second-order valence-corrected chi connectivity index (χ2v) is 7.28. The van der Waals surface area contributed by atoms with Crippen molar-refractivity contribution < 1.29 is 4.79 Å². The first-order chi connectivity index (χ1) is 9.16. The summed E-state index contributed by atoms with van der Waals surface area (Å²) >= 11 is 3.42. The van der Waals surface area contributed by atoms with Crippen molar-refractivity contribution in [1.82, 2.24) is 4.90 Å². The topological polar surface area (TPSA) is 20.3 Å². The van der Waals surface area contributed by atoms with Crippen LogP contribution in [0.2, 0.25) is 0 Å². The fourth-order valence-electron chi connectivity index (χ4n) is 2.82. The van der Waals surface area contributed by atoms with E-state index in [0.29, 0.717) is 0 Å². The lowest BCUT2D eigenvalue weighted by molar-refractivity contribution is 0.0736. The maximum absolute atomic E-state index is 12.7. The molecule has 4 heteroatoms. The van der Waals surface area contributed by atoms with Crippen molar-refractivity contribution >= 4 is 28.6 Å². The van der Waals surface area contributed by atoms with Crippen LogP contribution in [0, 0.1) is 13.8 Å². The van der Waals surface area contributed by atoms with Gasteiger partial charge in [-0.25, -0.2) is 0 Å². The summed E-state index contributed by atoms with van der Waals surface area (Å²) in [6.45, 7) is 4.99. The lowest BCUT2D eigenvalue weighted by atomic mass is 10.1. The van der Waals surface area contributed by atoms with Gasteiger partial charge < -0.3 is 4.90 Å². The highest BCUT2D eigenvalue weighted by Gasteiger charge is 2.31. The van der Waals surface area contributed by atoms with E-state index in [0.717, 1.165) is 29.8 Å². The third kappa shape index (κ3) is 2.35. The Kier molecular flexibility index (Phi) is 3.46. The minimum atomic E-state index is 0.204. The van der Waals surface area contributed by atoms with Crippen molar-refractivity contribution in [2.45, 2.75) is 32.7 Å². The van der Waals surface area contributed by atoms with Crippen LogP contribution in [0.25, 0.3) is 0 Å². The molecule has 1 atom stereocenters. The monoisotopic (exact) mass is 291 g/mol. The predicted octanol–water partition coefficient (Wildman–Crippen LogP) is 4.40. The Morgan fingerprint density at radius 2 is 2.26 bits per heavy atom. The van der Waals surface area contributed by atoms with Crippen LogP contribution in [0.5, 0.6) is 0 Å². The van der Waals surface area contributed by atoms with Gasteiger partial charge in [-0.2, -0.15) is 11.3 Å². The van der Waals surface area contributed by atoms with Crippen LogP contribution in [0.1, 0.15) is 44.6 Å². The summed E-state index contributed by atoms with van der Waals surface area (Å²) in [6, 6.07) is 4.45. The van der Waals surface area contributed by atoms with Crippen molar-refractivity contribution in [3.63, 3.8) is 0 Å². The Balaban J connectivity index is 1.89. The highest BCUT2D eigenvalue weighted by atomic mass is 32.1. The van der Waals surface area contributed by atoms with Gasteiger partial charge in [0.1, 0.15) is 0 Å². The first kappa shape index (κ1) is 12.9. The molecular weight excluding hydrogens is 274 g/mol. The van der Waals surface area contributed by atoms with Gasteiger partial charge in [0.15, 0.2) is 0 Å². The van der Waals surface area contributed by atoms with Crippen LogP contribution >= 0.6 is 22.7 Å². The summed E-state index contributed by atoms with van der Waals surface area (Å²) in [5.41, 5.74) is 2.19. The molecule has 0 spiro atoms. The van der Waals surface area contributed by atoms with Gasteiger partial charge in [-0.15, -0.1) is 11.3 Å². The number of hydrogen-bond donors (Lipinski definition) is 0. The van der Waals surface area contributed by atoms with Crippen LogP contribution in [0.15, 0.2) is 22.9 Å². The van der Waals surface area contributed by atoms with Crippen molar-refractivity contribution in [1.29, 1.82) is 0 Å². The van der Waals surface area contributed by atoms with E-state index in [-0.39, 0.29) is 11.9 Å². The fourth-order valence-corrected chi connectivity index (χ4v) is 4.44. The zero-order chi connectivity index (χ0) is 13.4. The van der Waals surface area contributed by atoms with E-state index in [1.807, 2.05) is 13.0 Å². The largest absolute Gasteiger partial charge is 0.332 e. The van der Waals surface area contributed by atoms with Gasteiger partial charge >= 0.3 is 0 Å². The number of hydrogen-bond acceptors (Lipinski definition) is 3. The summed E-state index contributed by atoms with van der Waals surface area (Å²) in [5, 5.41) is 4.26. The first-order valence-electron chi connectivity index (χ1n) is 6.57. The number of thiophene rings is 2. The summed E-state index contributed by atoms with van der Waals surface area (Å²) in [4.78, 5) is 17.1. The number of likely N-dealkylation sites (tertiary alicyclic amines) is 1. The average molecular weight is 291 g/mol. The second-order valence-electron chi connectivity index (χ2n) is 5.04. The molecule has 1 saturated heterocycles. The minimum absolute atomic E-state index is 0.204. The molecule has 1 fully saturated rings. The van der Waals surface area contributed by atoms with E-state index < -0.39 is 0 Å². The smallest absolute Gasteiger partial charge is 0.255 e. The molecule has 1 aliphatic rings. The van der Waals surface area contributed by atoms with Crippen LogP contribution < -0.4 is 0 Å². The molecule has 3 heterocycles. The van der Waals surface area contributed by atoms with Crippen molar-refractivity contribution in [3.05, 3.63) is 43.8 Å². The zero-order valence-electron chi connectivity index (χ0n) is 11.2. The van der Waals surface area contributed by atoms with Gasteiger partial charge in [-0.1, -0.05) is 0 Å². The fraction of sp³-hybridized carbons (Fsp3) is 0.400. The molecule has 0 unspecified atom stereocenters. The quantitative estimate of drug-likeness (QED) is 0.803. The number of carbonyl (C=O) groups excluding carboxylic acids is 1. The predicted molar refractivity (Wildman–Crippen MR) is 81.1 cm³/mol. The number of nitrogens with zero attached hydrogens (tertiary/aromatic N) is 1. The minimum Gasteiger partial charge on any atom is -0.332 e. The molecular formula is C15H17NOS2. The SMILES string of the molecule is Cc1cc(C(=O)N2CCC[C@H]2c2ccsc2)c(C)s1. The number of aryl methyl sites for hydroxylation is 2. The third-order valence-electron chi connectivity index (χ3n) is 3.71. The Bertz CT molecular complexity index is 585. The maximum Gasteiger partial charge on any atom is 0.255 e. The van der Waals surface area contributed by atoms with Gasteiger partial charge in [0.25, 0.3) is 5.91 Å². The van der Waals surface area contributed by atoms with Gasteiger partial charge in [-0.05, 0) is 55.1 Å². The van der Waals surface area contributed by atoms with E-state index in [4.69, 9.17) is 0 Å².